The molecule has 6 heteroatoms. The van der Waals surface area contributed by atoms with Crippen LogP contribution in [0.1, 0.15) is 35.4 Å². The summed E-state index contributed by atoms with van der Waals surface area (Å²) in [5.74, 6) is 0.458. The molecule has 2 aromatic rings. The van der Waals surface area contributed by atoms with Crippen molar-refractivity contribution in [2.45, 2.75) is 19.4 Å². The van der Waals surface area contributed by atoms with Crippen molar-refractivity contribution < 1.29 is 4.79 Å². The van der Waals surface area contributed by atoms with Crippen LogP contribution in [0.3, 0.4) is 0 Å². The van der Waals surface area contributed by atoms with Crippen molar-refractivity contribution in [2.75, 3.05) is 32.5 Å². The maximum absolute atomic E-state index is 12.2. The molecule has 0 radical (unpaired) electrons. The van der Waals surface area contributed by atoms with Crippen LogP contribution in [-0.2, 0) is 0 Å². The number of nitrogens with one attached hydrogen (secondary N) is 2. The van der Waals surface area contributed by atoms with E-state index >= 15 is 0 Å². The molecule has 0 aliphatic rings. The number of rotatable bonds is 8. The predicted molar refractivity (Wildman–Crippen MR) is 96.0 cm³/mol. The first-order chi connectivity index (χ1) is 11.6. The molecule has 2 N–H and O–H groups in total. The third-order valence-corrected chi connectivity index (χ3v) is 3.62. The highest BCUT2D eigenvalue weighted by atomic mass is 16.1. The third kappa shape index (κ3) is 5.62. The number of carbonyl (C=O) groups excluding carboxylic acids is 1. The largest absolute Gasteiger partial charge is 0.369 e. The SMILES string of the molecule is CC(NC(=O)c1cnc(NCCCN(C)C)cn1)c1ccccc1. The smallest absolute Gasteiger partial charge is 0.271 e. The highest BCUT2D eigenvalue weighted by Gasteiger charge is 2.12. The van der Waals surface area contributed by atoms with E-state index in [1.807, 2.05) is 51.4 Å². The number of nitrogens with zero attached hydrogens (tertiary/aromatic N) is 3. The summed E-state index contributed by atoms with van der Waals surface area (Å²) in [6.45, 7) is 3.78. The summed E-state index contributed by atoms with van der Waals surface area (Å²) in [6, 6.07) is 9.75. The maximum Gasteiger partial charge on any atom is 0.271 e. The molecule has 1 atom stereocenters. The van der Waals surface area contributed by atoms with E-state index in [1.54, 1.807) is 6.20 Å². The van der Waals surface area contributed by atoms with Crippen molar-refractivity contribution >= 4 is 11.7 Å². The van der Waals surface area contributed by atoms with Gasteiger partial charge in [0.1, 0.15) is 11.5 Å². The molecule has 0 aliphatic heterocycles. The lowest BCUT2D eigenvalue weighted by molar-refractivity contribution is 0.0934. The molecule has 6 nitrogen and oxygen atoms in total. The van der Waals surface area contributed by atoms with Gasteiger partial charge in [-0.15, -0.1) is 0 Å². The monoisotopic (exact) mass is 327 g/mol. The summed E-state index contributed by atoms with van der Waals surface area (Å²) in [6.07, 6.45) is 4.12. The molecule has 0 saturated heterocycles. The number of benzene rings is 1. The van der Waals surface area contributed by atoms with Crippen LogP contribution < -0.4 is 10.6 Å². The zero-order valence-electron chi connectivity index (χ0n) is 14.5. The van der Waals surface area contributed by atoms with E-state index in [4.69, 9.17) is 0 Å². The molecule has 0 saturated carbocycles. The molecular weight excluding hydrogens is 302 g/mol. The Balaban J connectivity index is 1.84. The van der Waals surface area contributed by atoms with E-state index in [-0.39, 0.29) is 11.9 Å². The van der Waals surface area contributed by atoms with E-state index in [2.05, 4.69) is 25.5 Å². The van der Waals surface area contributed by atoms with Crippen molar-refractivity contribution in [1.29, 1.82) is 0 Å². The van der Waals surface area contributed by atoms with Gasteiger partial charge in [-0.1, -0.05) is 30.3 Å². The lowest BCUT2D eigenvalue weighted by Gasteiger charge is -2.14. The number of carbonyl (C=O) groups is 1. The van der Waals surface area contributed by atoms with E-state index in [9.17, 15) is 4.79 Å². The van der Waals surface area contributed by atoms with Gasteiger partial charge in [-0.2, -0.15) is 0 Å². The quantitative estimate of drug-likeness (QED) is 0.728. The molecule has 1 heterocycles. The molecular formula is C18H25N5O. The second kappa shape index (κ2) is 8.98. The lowest BCUT2D eigenvalue weighted by atomic mass is 10.1. The Hall–Kier alpha value is -2.47. The zero-order chi connectivity index (χ0) is 17.4. The average Bonchev–Trinajstić information content (AvgIpc) is 2.59. The molecule has 0 bridgehead atoms. The van der Waals surface area contributed by atoms with Gasteiger partial charge in [-0.3, -0.25) is 4.79 Å². The predicted octanol–water partition coefficient (Wildman–Crippen LogP) is 2.33. The van der Waals surface area contributed by atoms with Gasteiger partial charge in [0.05, 0.1) is 18.4 Å². The lowest BCUT2D eigenvalue weighted by Crippen LogP contribution is -2.27. The Bertz CT molecular complexity index is 628. The summed E-state index contributed by atoms with van der Waals surface area (Å²) in [4.78, 5) is 22.8. The number of amides is 1. The first-order valence-corrected chi connectivity index (χ1v) is 8.12. The molecule has 1 aromatic heterocycles. The molecule has 24 heavy (non-hydrogen) atoms. The van der Waals surface area contributed by atoms with Gasteiger partial charge in [-0.05, 0) is 39.5 Å². The molecule has 2 rings (SSSR count). The maximum atomic E-state index is 12.2. The minimum atomic E-state index is -0.224. The summed E-state index contributed by atoms with van der Waals surface area (Å²) >= 11 is 0. The molecule has 0 fully saturated rings. The van der Waals surface area contributed by atoms with E-state index in [1.165, 1.54) is 6.20 Å². The van der Waals surface area contributed by atoms with E-state index in [0.717, 1.165) is 25.1 Å². The molecule has 0 spiro atoms. The molecule has 1 unspecified atom stereocenters. The summed E-state index contributed by atoms with van der Waals surface area (Å²) in [7, 11) is 4.09. The van der Waals surface area contributed by atoms with Crippen LogP contribution in [0.5, 0.6) is 0 Å². The number of anilines is 1. The van der Waals surface area contributed by atoms with Crippen molar-refractivity contribution in [3.05, 3.63) is 54.0 Å². The van der Waals surface area contributed by atoms with Crippen LogP contribution in [0.15, 0.2) is 42.7 Å². The van der Waals surface area contributed by atoms with Gasteiger partial charge in [0.15, 0.2) is 0 Å². The number of hydrogen-bond acceptors (Lipinski definition) is 5. The Morgan fingerprint density at radius 3 is 2.54 bits per heavy atom. The van der Waals surface area contributed by atoms with Crippen molar-refractivity contribution in [2.24, 2.45) is 0 Å². The fraction of sp³-hybridized carbons (Fsp3) is 0.389. The second-order valence-corrected chi connectivity index (χ2v) is 5.98. The minimum absolute atomic E-state index is 0.0793. The van der Waals surface area contributed by atoms with E-state index < -0.39 is 0 Å². The third-order valence-electron chi connectivity index (χ3n) is 3.62. The first kappa shape index (κ1) is 17.9. The Kier molecular flexibility index (Phi) is 6.69. The van der Waals surface area contributed by atoms with Gasteiger partial charge in [0, 0.05) is 6.54 Å². The summed E-state index contributed by atoms with van der Waals surface area (Å²) in [5, 5.41) is 6.13. The van der Waals surface area contributed by atoms with Crippen LogP contribution >= 0.6 is 0 Å². The van der Waals surface area contributed by atoms with Crippen LogP contribution in [-0.4, -0.2) is 48.0 Å². The zero-order valence-corrected chi connectivity index (χ0v) is 14.5. The highest BCUT2D eigenvalue weighted by molar-refractivity contribution is 5.92. The van der Waals surface area contributed by atoms with Crippen LogP contribution in [0.4, 0.5) is 5.82 Å². The second-order valence-electron chi connectivity index (χ2n) is 5.98. The topological polar surface area (TPSA) is 70.2 Å². The highest BCUT2D eigenvalue weighted by Crippen LogP contribution is 2.12. The standard InChI is InChI=1S/C18H25N5O/c1-14(15-8-5-4-6-9-15)22-18(24)16-12-21-17(13-20-16)19-10-7-11-23(2)3/h4-6,8-9,12-14H,7,10-11H2,1-3H3,(H,19,21)(H,22,24). The van der Waals surface area contributed by atoms with Gasteiger partial charge in [-0.25, -0.2) is 9.97 Å². The van der Waals surface area contributed by atoms with Crippen molar-refractivity contribution in [3.8, 4) is 0 Å². The Labute approximate surface area is 143 Å². The summed E-state index contributed by atoms with van der Waals surface area (Å²) < 4.78 is 0. The normalized spacial score (nSPS) is 12.0. The van der Waals surface area contributed by atoms with Gasteiger partial charge >= 0.3 is 0 Å². The van der Waals surface area contributed by atoms with Gasteiger partial charge < -0.3 is 15.5 Å². The fourth-order valence-corrected chi connectivity index (χ4v) is 2.24. The molecule has 1 amide bonds. The van der Waals surface area contributed by atoms with Crippen molar-refractivity contribution in [3.63, 3.8) is 0 Å². The summed E-state index contributed by atoms with van der Waals surface area (Å²) in [5.41, 5.74) is 1.37. The first-order valence-electron chi connectivity index (χ1n) is 8.12. The van der Waals surface area contributed by atoms with Gasteiger partial charge in [0.25, 0.3) is 5.91 Å². The molecule has 0 aliphatic carbocycles. The average molecular weight is 327 g/mol. The fourth-order valence-electron chi connectivity index (χ4n) is 2.24. The molecule has 1 aromatic carbocycles. The number of hydrogen-bond donors (Lipinski definition) is 2. The van der Waals surface area contributed by atoms with Crippen LogP contribution in [0, 0.1) is 0 Å². The van der Waals surface area contributed by atoms with Gasteiger partial charge in [0.2, 0.25) is 0 Å². The molecule has 128 valence electrons. The minimum Gasteiger partial charge on any atom is -0.369 e. The Morgan fingerprint density at radius 2 is 1.92 bits per heavy atom. The van der Waals surface area contributed by atoms with E-state index in [0.29, 0.717) is 11.5 Å². The Morgan fingerprint density at radius 1 is 1.17 bits per heavy atom. The van der Waals surface area contributed by atoms with Crippen LogP contribution in [0.2, 0.25) is 0 Å². The van der Waals surface area contributed by atoms with Crippen LogP contribution in [0.25, 0.3) is 0 Å². The van der Waals surface area contributed by atoms with Crippen molar-refractivity contribution in [1.82, 2.24) is 20.2 Å². The number of aromatic nitrogens is 2.